The molecule has 11 heteroatoms. The minimum Gasteiger partial charge on any atom is -0.495 e. The molecular weight excluding hydrogens is 540 g/mol. The lowest BCUT2D eigenvalue weighted by molar-refractivity contribution is -1.02. The maximum absolute atomic E-state index is 14.2. The number of nitrogens with zero attached hydrogens (tertiary/aromatic N) is 2. The largest absolute Gasteiger partial charge is 0.495 e. The molecule has 2 aromatic carbocycles. The first-order valence-electron chi connectivity index (χ1n) is 14.6. The number of benzene rings is 2. The second kappa shape index (κ2) is 11.7. The van der Waals surface area contributed by atoms with E-state index in [9.17, 15) is 13.6 Å². The molecule has 0 bridgehead atoms. The Morgan fingerprint density at radius 3 is 2.57 bits per heavy atom. The van der Waals surface area contributed by atoms with Crippen molar-refractivity contribution in [2.24, 2.45) is 0 Å². The van der Waals surface area contributed by atoms with Crippen molar-refractivity contribution in [2.45, 2.75) is 37.8 Å². The monoisotopic (exact) mass is 578 g/mol. The zero-order chi connectivity index (χ0) is 29.4. The van der Waals surface area contributed by atoms with Gasteiger partial charge in [-0.05, 0) is 42.7 Å². The number of fused-ring (bicyclic) bond motifs is 1. The summed E-state index contributed by atoms with van der Waals surface area (Å²) in [6.07, 6.45) is 8.37. The third kappa shape index (κ3) is 5.41. The number of nitrogens with two attached hydrogens (primary N) is 1. The summed E-state index contributed by atoms with van der Waals surface area (Å²) in [7, 11) is 3.79. The third-order valence-electron chi connectivity index (χ3n) is 9.04. The summed E-state index contributed by atoms with van der Waals surface area (Å²) in [5, 5.41) is 3.51. The predicted octanol–water partition coefficient (Wildman–Crippen LogP) is 1.54. The number of hydrogen-bond acceptors (Lipinski definition) is 4. The SMILES string of the molecule is COc1cc(-c2cn(C3CCC([NH+]4CC[NH+](C)CC4)CC3)c3[nH+]cnc(N)c23)ccc1NC(=O)c1ccc(F)cc1F. The molecule has 1 saturated heterocycles. The van der Waals surface area contributed by atoms with Crippen molar-refractivity contribution in [3.05, 3.63) is 66.1 Å². The van der Waals surface area contributed by atoms with E-state index in [-0.39, 0.29) is 5.56 Å². The van der Waals surface area contributed by atoms with Crippen LogP contribution >= 0.6 is 0 Å². The van der Waals surface area contributed by atoms with Gasteiger partial charge in [0.15, 0.2) is 0 Å². The molecule has 220 valence electrons. The number of methoxy groups -OCH3 is 1. The van der Waals surface area contributed by atoms with Crippen LogP contribution in [0.1, 0.15) is 42.1 Å². The van der Waals surface area contributed by atoms with E-state index in [1.165, 1.54) is 46.1 Å². The average Bonchev–Trinajstić information content (AvgIpc) is 3.39. The Balaban J connectivity index is 1.26. The van der Waals surface area contributed by atoms with E-state index in [1.807, 2.05) is 12.1 Å². The summed E-state index contributed by atoms with van der Waals surface area (Å²) in [5.74, 6) is -1.56. The predicted molar refractivity (Wildman–Crippen MR) is 156 cm³/mol. The van der Waals surface area contributed by atoms with E-state index in [2.05, 4.69) is 33.1 Å². The molecule has 2 aliphatic rings. The van der Waals surface area contributed by atoms with E-state index in [4.69, 9.17) is 10.5 Å². The summed E-state index contributed by atoms with van der Waals surface area (Å²) in [4.78, 5) is 23.8. The van der Waals surface area contributed by atoms with Gasteiger partial charge < -0.3 is 25.6 Å². The minimum absolute atomic E-state index is 0.259. The van der Waals surface area contributed by atoms with Crippen LogP contribution in [0.15, 0.2) is 48.9 Å². The Labute approximate surface area is 243 Å². The van der Waals surface area contributed by atoms with Crippen molar-refractivity contribution in [3.8, 4) is 16.9 Å². The molecule has 2 fully saturated rings. The first kappa shape index (κ1) is 28.0. The number of carbonyl (C=O) groups is 1. The van der Waals surface area contributed by atoms with Crippen molar-refractivity contribution in [2.75, 3.05) is 51.4 Å². The number of nitrogen functional groups attached to an aromatic ring is 1. The number of rotatable bonds is 6. The zero-order valence-electron chi connectivity index (χ0n) is 24.0. The molecule has 0 spiro atoms. The van der Waals surface area contributed by atoms with Crippen LogP contribution in [0.4, 0.5) is 20.3 Å². The molecule has 2 aromatic heterocycles. The van der Waals surface area contributed by atoms with Gasteiger partial charge in [-0.25, -0.2) is 13.8 Å². The van der Waals surface area contributed by atoms with Crippen LogP contribution in [0.25, 0.3) is 22.2 Å². The Morgan fingerprint density at radius 1 is 1.10 bits per heavy atom. The number of nitrogens with one attached hydrogen (secondary N) is 4. The number of piperazine rings is 1. The molecule has 0 radical (unpaired) electrons. The van der Waals surface area contributed by atoms with Gasteiger partial charge >= 0.3 is 0 Å². The van der Waals surface area contributed by atoms with E-state index in [0.717, 1.165) is 53.2 Å². The molecular formula is C31H38F2N7O2+3. The van der Waals surface area contributed by atoms with Crippen LogP contribution in [0.2, 0.25) is 0 Å². The molecule has 1 aliphatic carbocycles. The fourth-order valence-electron chi connectivity index (χ4n) is 6.66. The Bertz CT molecular complexity index is 1610. The first-order chi connectivity index (χ1) is 20.3. The number of anilines is 2. The molecule has 4 aromatic rings. The third-order valence-corrected chi connectivity index (χ3v) is 9.04. The standard InChI is InChI=1S/C31H35F2N7O2/c1-38-11-13-39(14-12-38)21-5-7-22(8-6-21)40-17-24(28-29(34)35-18-36-30(28)40)19-3-10-26(27(15-19)42-2)37-31(41)23-9-4-20(32)16-25(23)33/h3-4,9-10,15-18,21-22H,5-8,11-14H2,1-2H3,(H,37,41)(H2,34,35,36)/p+3. The van der Waals surface area contributed by atoms with Crippen molar-refractivity contribution in [3.63, 3.8) is 0 Å². The van der Waals surface area contributed by atoms with Gasteiger partial charge in [0.1, 0.15) is 48.9 Å². The second-order valence-electron chi connectivity index (χ2n) is 11.6. The van der Waals surface area contributed by atoms with Gasteiger partial charge in [0.25, 0.3) is 5.91 Å². The number of H-pyrrole nitrogens is 1. The highest BCUT2D eigenvalue weighted by molar-refractivity contribution is 6.06. The van der Waals surface area contributed by atoms with Crippen LogP contribution in [0.5, 0.6) is 5.75 Å². The number of quaternary nitrogens is 2. The van der Waals surface area contributed by atoms with Crippen LogP contribution in [0.3, 0.4) is 0 Å². The Kier molecular flexibility index (Phi) is 7.78. The molecule has 0 atom stereocenters. The first-order valence-corrected chi connectivity index (χ1v) is 14.6. The molecule has 1 aliphatic heterocycles. The van der Waals surface area contributed by atoms with Gasteiger partial charge in [-0.15, -0.1) is 0 Å². The second-order valence-corrected chi connectivity index (χ2v) is 11.6. The van der Waals surface area contributed by atoms with E-state index in [0.29, 0.717) is 29.4 Å². The molecule has 9 nitrogen and oxygen atoms in total. The molecule has 6 rings (SSSR count). The maximum Gasteiger partial charge on any atom is 0.258 e. The minimum atomic E-state index is -0.935. The lowest BCUT2D eigenvalue weighted by atomic mass is 9.89. The molecule has 6 N–H and O–H groups in total. The number of carbonyl (C=O) groups excluding carboxylic acids is 1. The zero-order valence-corrected chi connectivity index (χ0v) is 24.0. The van der Waals surface area contributed by atoms with Crippen molar-refractivity contribution in [1.29, 1.82) is 0 Å². The van der Waals surface area contributed by atoms with Gasteiger partial charge in [0, 0.05) is 24.5 Å². The fraction of sp³-hybridized carbons (Fsp3) is 0.387. The van der Waals surface area contributed by atoms with Crippen molar-refractivity contribution in [1.82, 2.24) is 9.55 Å². The number of likely N-dealkylation sites (N-methyl/N-ethyl adjacent to an activating group) is 1. The maximum atomic E-state index is 14.2. The highest BCUT2D eigenvalue weighted by Crippen LogP contribution is 2.39. The molecule has 1 saturated carbocycles. The molecule has 0 unspecified atom stereocenters. The highest BCUT2D eigenvalue weighted by atomic mass is 19.1. The van der Waals surface area contributed by atoms with Crippen molar-refractivity contribution >= 4 is 28.4 Å². The van der Waals surface area contributed by atoms with Crippen LogP contribution in [-0.4, -0.2) is 61.8 Å². The Morgan fingerprint density at radius 2 is 1.86 bits per heavy atom. The summed E-state index contributed by atoms with van der Waals surface area (Å²) < 4.78 is 35.4. The summed E-state index contributed by atoms with van der Waals surface area (Å²) in [5.41, 5.74) is 9.20. The van der Waals surface area contributed by atoms with Gasteiger partial charge in [0.05, 0.1) is 43.7 Å². The summed E-state index contributed by atoms with van der Waals surface area (Å²) in [6.45, 7) is 5.00. The van der Waals surface area contributed by atoms with E-state index >= 15 is 0 Å². The normalized spacial score (nSPS) is 22.7. The highest BCUT2D eigenvalue weighted by Gasteiger charge is 2.35. The fourth-order valence-corrected chi connectivity index (χ4v) is 6.66. The van der Waals surface area contributed by atoms with E-state index in [1.54, 1.807) is 22.2 Å². The average molecular weight is 579 g/mol. The van der Waals surface area contributed by atoms with Gasteiger partial charge in [0.2, 0.25) is 17.8 Å². The quantitative estimate of drug-likeness (QED) is 0.279. The van der Waals surface area contributed by atoms with Crippen molar-refractivity contribution < 1.29 is 33.1 Å². The number of aromatic amines is 1. The number of hydrogen-bond donors (Lipinski definition) is 4. The Hall–Kier alpha value is -4.09. The van der Waals surface area contributed by atoms with Gasteiger partial charge in [-0.1, -0.05) is 11.1 Å². The smallest absolute Gasteiger partial charge is 0.258 e. The number of ether oxygens (including phenoxy) is 1. The number of aromatic nitrogens is 3. The molecule has 42 heavy (non-hydrogen) atoms. The lowest BCUT2D eigenvalue weighted by Crippen LogP contribution is -3.28. The topological polar surface area (TPSA) is 105 Å². The van der Waals surface area contributed by atoms with Crippen LogP contribution in [0, 0.1) is 11.6 Å². The van der Waals surface area contributed by atoms with Gasteiger partial charge in [-0.3, -0.25) is 9.36 Å². The lowest BCUT2D eigenvalue weighted by Gasteiger charge is -2.36. The summed E-state index contributed by atoms with van der Waals surface area (Å²) >= 11 is 0. The number of amides is 1. The van der Waals surface area contributed by atoms with E-state index < -0.39 is 17.5 Å². The van der Waals surface area contributed by atoms with Crippen LogP contribution in [-0.2, 0) is 0 Å². The number of halogens is 2. The summed E-state index contributed by atoms with van der Waals surface area (Å²) in [6, 6.07) is 9.30. The molecule has 3 heterocycles. The van der Waals surface area contributed by atoms with Gasteiger partial charge in [-0.2, -0.15) is 0 Å². The van der Waals surface area contributed by atoms with Crippen LogP contribution < -0.4 is 30.6 Å². The molecule has 1 amide bonds.